The first-order valence-corrected chi connectivity index (χ1v) is 9.81. The van der Waals surface area contributed by atoms with Gasteiger partial charge in [0.1, 0.15) is 17.9 Å². The van der Waals surface area contributed by atoms with Crippen molar-refractivity contribution in [2.24, 2.45) is 5.92 Å². The van der Waals surface area contributed by atoms with Gasteiger partial charge in [0.05, 0.1) is 11.3 Å². The average molecular weight is 453 g/mol. The van der Waals surface area contributed by atoms with Crippen LogP contribution in [0, 0.1) is 5.92 Å². The molecule has 31 heavy (non-hydrogen) atoms. The Morgan fingerprint density at radius 3 is 2.65 bits per heavy atom. The minimum Gasteiger partial charge on any atom is -0.477 e. The van der Waals surface area contributed by atoms with E-state index in [9.17, 15) is 32.7 Å². The average Bonchev–Trinajstić information content (AvgIpc) is 3.19. The molecule has 4 rings (SSSR count). The molecule has 1 amide bonds. The van der Waals surface area contributed by atoms with Crippen molar-refractivity contribution in [3.8, 4) is 5.13 Å². The van der Waals surface area contributed by atoms with Crippen LogP contribution in [-0.2, 0) is 4.79 Å². The van der Waals surface area contributed by atoms with Gasteiger partial charge in [-0.15, -0.1) is 11.3 Å². The fourth-order valence-electron chi connectivity index (χ4n) is 3.17. The summed E-state index contributed by atoms with van der Waals surface area (Å²) in [7, 11) is 0. The highest BCUT2D eigenvalue weighted by atomic mass is 32.1. The smallest absolute Gasteiger partial charge is 0.405 e. The molecule has 0 radical (unpaired) electrons. The SMILES string of the molecule is O=C(O)c1cn(-c2nccs2)c2nc(N3CC(C(=O)NCC(F)(F)F)C3)ccc2c1=O. The van der Waals surface area contributed by atoms with Crippen LogP contribution in [0.5, 0.6) is 0 Å². The van der Waals surface area contributed by atoms with Gasteiger partial charge in [0.25, 0.3) is 0 Å². The Balaban J connectivity index is 1.63. The number of aromatic nitrogens is 3. The van der Waals surface area contributed by atoms with Crippen LogP contribution in [0.4, 0.5) is 19.0 Å². The van der Waals surface area contributed by atoms with Crippen LogP contribution in [0.15, 0.2) is 34.7 Å². The molecular formula is C18H14F3N5O4S. The molecule has 0 bridgehead atoms. The second-order valence-corrected chi connectivity index (χ2v) is 7.71. The molecule has 1 saturated heterocycles. The van der Waals surface area contributed by atoms with E-state index in [1.165, 1.54) is 34.2 Å². The maximum atomic E-state index is 12.5. The van der Waals surface area contributed by atoms with Gasteiger partial charge in [0.15, 0.2) is 10.8 Å². The van der Waals surface area contributed by atoms with Gasteiger partial charge in [-0.25, -0.2) is 14.8 Å². The van der Waals surface area contributed by atoms with Crippen LogP contribution in [0.25, 0.3) is 16.2 Å². The lowest BCUT2D eigenvalue weighted by Gasteiger charge is -2.39. The van der Waals surface area contributed by atoms with Crippen LogP contribution in [-0.4, -0.2) is 57.3 Å². The molecule has 1 aliphatic rings. The molecular weight excluding hydrogens is 439 g/mol. The maximum Gasteiger partial charge on any atom is 0.405 e. The summed E-state index contributed by atoms with van der Waals surface area (Å²) in [5.41, 5.74) is -0.933. The zero-order valence-electron chi connectivity index (χ0n) is 15.6. The summed E-state index contributed by atoms with van der Waals surface area (Å²) in [6.45, 7) is -1.06. The maximum absolute atomic E-state index is 12.5. The Labute approximate surface area is 175 Å². The molecule has 1 aliphatic heterocycles. The molecule has 3 aromatic rings. The zero-order chi connectivity index (χ0) is 22.3. The van der Waals surface area contributed by atoms with Crippen molar-refractivity contribution in [3.63, 3.8) is 0 Å². The van der Waals surface area contributed by atoms with E-state index < -0.39 is 41.5 Å². The quantitative estimate of drug-likeness (QED) is 0.603. The number of nitrogens with zero attached hydrogens (tertiary/aromatic N) is 4. The summed E-state index contributed by atoms with van der Waals surface area (Å²) in [5, 5.41) is 13.4. The number of halogens is 3. The zero-order valence-corrected chi connectivity index (χ0v) is 16.4. The largest absolute Gasteiger partial charge is 0.477 e. The highest BCUT2D eigenvalue weighted by Gasteiger charge is 2.36. The van der Waals surface area contributed by atoms with Crippen molar-refractivity contribution in [1.82, 2.24) is 19.9 Å². The highest BCUT2D eigenvalue weighted by Crippen LogP contribution is 2.26. The number of nitrogens with one attached hydrogen (secondary N) is 1. The van der Waals surface area contributed by atoms with E-state index in [0.29, 0.717) is 10.9 Å². The number of carboxylic acids is 1. The predicted octanol–water partition coefficient (Wildman–Crippen LogP) is 1.66. The Morgan fingerprint density at radius 2 is 2.03 bits per heavy atom. The van der Waals surface area contributed by atoms with Gasteiger partial charge in [-0.05, 0) is 12.1 Å². The van der Waals surface area contributed by atoms with Crippen molar-refractivity contribution in [2.45, 2.75) is 6.18 Å². The third-order valence-electron chi connectivity index (χ3n) is 4.73. The normalized spacial score (nSPS) is 14.5. The van der Waals surface area contributed by atoms with Crippen LogP contribution >= 0.6 is 11.3 Å². The number of thiazole rings is 1. The summed E-state index contributed by atoms with van der Waals surface area (Å²) in [4.78, 5) is 46.1. The number of rotatable bonds is 5. The molecule has 1 fully saturated rings. The van der Waals surface area contributed by atoms with Crippen molar-refractivity contribution >= 4 is 40.1 Å². The summed E-state index contributed by atoms with van der Waals surface area (Å²) in [6, 6.07) is 2.94. The number of hydrogen-bond acceptors (Lipinski definition) is 7. The second kappa shape index (κ2) is 7.65. The van der Waals surface area contributed by atoms with Gasteiger partial charge in [-0.2, -0.15) is 13.2 Å². The van der Waals surface area contributed by atoms with Crippen LogP contribution in [0.2, 0.25) is 0 Å². The Hall–Kier alpha value is -3.48. The van der Waals surface area contributed by atoms with Crippen molar-refractivity contribution in [2.75, 3.05) is 24.5 Å². The number of hydrogen-bond donors (Lipinski definition) is 2. The standard InChI is InChI=1S/C18H14F3N5O4S/c19-18(20,21)8-23-15(28)9-5-25(6-9)12-2-1-10-13(27)11(16(29)30)7-26(14(10)24-12)17-22-3-4-31-17/h1-4,7,9H,5-6,8H2,(H,23,28)(H,29,30). The van der Waals surface area contributed by atoms with Crippen LogP contribution in [0.1, 0.15) is 10.4 Å². The topological polar surface area (TPSA) is 117 Å². The number of carbonyl (C=O) groups is 2. The Morgan fingerprint density at radius 1 is 1.29 bits per heavy atom. The lowest BCUT2D eigenvalue weighted by Crippen LogP contribution is -2.55. The molecule has 0 atom stereocenters. The highest BCUT2D eigenvalue weighted by molar-refractivity contribution is 7.12. The monoisotopic (exact) mass is 453 g/mol. The third-order valence-corrected chi connectivity index (χ3v) is 5.50. The first-order chi connectivity index (χ1) is 14.6. The number of anilines is 1. The van der Waals surface area contributed by atoms with Crippen molar-refractivity contribution < 1.29 is 27.9 Å². The minimum absolute atomic E-state index is 0.0823. The molecule has 0 aromatic carbocycles. The number of fused-ring (bicyclic) bond motifs is 1. The van der Waals surface area contributed by atoms with Gasteiger partial charge in [0, 0.05) is 30.9 Å². The van der Waals surface area contributed by atoms with E-state index in [4.69, 9.17) is 0 Å². The Bertz CT molecular complexity index is 1220. The lowest BCUT2D eigenvalue weighted by molar-refractivity contribution is -0.141. The Kier molecular flexibility index (Phi) is 5.13. The van der Waals surface area contributed by atoms with Crippen molar-refractivity contribution in [3.05, 3.63) is 45.7 Å². The second-order valence-electron chi connectivity index (χ2n) is 6.84. The predicted molar refractivity (Wildman–Crippen MR) is 105 cm³/mol. The van der Waals surface area contributed by atoms with Crippen LogP contribution < -0.4 is 15.6 Å². The molecule has 0 spiro atoms. The number of alkyl halides is 3. The summed E-state index contributed by atoms with van der Waals surface area (Å²) in [6.07, 6.45) is -1.80. The molecule has 2 N–H and O–H groups in total. The van der Waals surface area contributed by atoms with E-state index >= 15 is 0 Å². The fourth-order valence-corrected chi connectivity index (χ4v) is 3.78. The van der Waals surface area contributed by atoms with E-state index in [1.54, 1.807) is 10.3 Å². The molecule has 3 aromatic heterocycles. The molecule has 4 heterocycles. The number of aromatic carboxylic acids is 1. The molecule has 13 heteroatoms. The lowest BCUT2D eigenvalue weighted by atomic mass is 9.99. The summed E-state index contributed by atoms with van der Waals surface area (Å²) >= 11 is 1.22. The number of amides is 1. The molecule has 162 valence electrons. The van der Waals surface area contributed by atoms with E-state index in [-0.39, 0.29) is 24.1 Å². The minimum atomic E-state index is -4.48. The van der Waals surface area contributed by atoms with Gasteiger partial charge >= 0.3 is 12.1 Å². The van der Waals surface area contributed by atoms with E-state index in [2.05, 4.69) is 9.97 Å². The summed E-state index contributed by atoms with van der Waals surface area (Å²) in [5.74, 6) is -2.28. The summed E-state index contributed by atoms with van der Waals surface area (Å²) < 4.78 is 38.2. The van der Waals surface area contributed by atoms with Gasteiger partial charge in [-0.1, -0.05) is 0 Å². The first kappa shape index (κ1) is 20.8. The first-order valence-electron chi connectivity index (χ1n) is 8.93. The molecule has 0 unspecified atom stereocenters. The number of pyridine rings is 2. The van der Waals surface area contributed by atoms with E-state index in [1.807, 2.05) is 5.32 Å². The van der Waals surface area contributed by atoms with Gasteiger partial charge in [0.2, 0.25) is 11.3 Å². The molecule has 0 saturated carbocycles. The third kappa shape index (κ3) is 4.08. The molecule has 0 aliphatic carbocycles. The number of carbonyl (C=O) groups excluding carboxylic acids is 1. The van der Waals surface area contributed by atoms with Gasteiger partial charge < -0.3 is 15.3 Å². The van der Waals surface area contributed by atoms with Gasteiger partial charge in [-0.3, -0.25) is 14.2 Å². The fraction of sp³-hybridized carbons (Fsp3) is 0.278. The number of carboxylic acid groups (broad SMARTS) is 1. The molecule has 9 nitrogen and oxygen atoms in total. The van der Waals surface area contributed by atoms with Crippen LogP contribution in [0.3, 0.4) is 0 Å². The van der Waals surface area contributed by atoms with E-state index in [0.717, 1.165) is 6.20 Å². The van der Waals surface area contributed by atoms with Crippen molar-refractivity contribution in [1.29, 1.82) is 0 Å².